The van der Waals surface area contributed by atoms with E-state index in [-0.39, 0.29) is 0 Å². The van der Waals surface area contributed by atoms with Crippen LogP contribution >= 0.6 is 0 Å². The van der Waals surface area contributed by atoms with E-state index in [0.29, 0.717) is 11.8 Å². The maximum atomic E-state index is 5.25. The Labute approximate surface area is 259 Å². The molecule has 216 valence electrons. The zero-order chi connectivity index (χ0) is 30.2. The van der Waals surface area contributed by atoms with E-state index in [2.05, 4.69) is 154 Å². The van der Waals surface area contributed by atoms with E-state index in [9.17, 15) is 0 Å². The monoisotopic (exact) mass is 571 g/mol. The third kappa shape index (κ3) is 5.09. The third-order valence-corrected chi connectivity index (χ3v) is 8.59. The average molecular weight is 572 g/mol. The highest BCUT2D eigenvalue weighted by molar-refractivity contribution is 5.94. The first kappa shape index (κ1) is 27.8. The standard InChI is InChI=1S/C41H37N3/c1-27(2)34-18-11-19-35(28(3)4)40(34)44-38-21-8-7-20-37(38)43-41(44)33-16-10-13-30(26-33)24-29-12-9-15-32(25-29)39-36-17-6-5-14-31(36)22-23-42-39/h5-23,25-28H,24H2,1-4H3. The molecule has 0 atom stereocenters. The first-order valence-corrected chi connectivity index (χ1v) is 15.6. The maximum absolute atomic E-state index is 5.25. The molecule has 0 aliphatic heterocycles. The van der Waals surface area contributed by atoms with Gasteiger partial charge in [-0.2, -0.15) is 0 Å². The zero-order valence-electron chi connectivity index (χ0n) is 25.8. The van der Waals surface area contributed by atoms with E-state index in [1.54, 1.807) is 0 Å². The molecule has 0 amide bonds. The zero-order valence-corrected chi connectivity index (χ0v) is 25.8. The van der Waals surface area contributed by atoms with Crippen molar-refractivity contribution in [1.29, 1.82) is 0 Å². The molecule has 3 heteroatoms. The third-order valence-electron chi connectivity index (χ3n) is 8.59. The predicted octanol–water partition coefficient (Wildman–Crippen LogP) is 10.7. The van der Waals surface area contributed by atoms with Crippen molar-refractivity contribution < 1.29 is 0 Å². The van der Waals surface area contributed by atoms with Crippen LogP contribution in [0.15, 0.2) is 128 Å². The fourth-order valence-corrected chi connectivity index (χ4v) is 6.45. The highest BCUT2D eigenvalue weighted by atomic mass is 15.1. The van der Waals surface area contributed by atoms with Crippen molar-refractivity contribution >= 4 is 21.8 Å². The Morgan fingerprint density at radius 3 is 2.00 bits per heavy atom. The van der Waals surface area contributed by atoms with Crippen LogP contribution < -0.4 is 0 Å². The van der Waals surface area contributed by atoms with Gasteiger partial charge in [0.2, 0.25) is 0 Å². The van der Waals surface area contributed by atoms with Gasteiger partial charge in [0.15, 0.2) is 0 Å². The normalized spacial score (nSPS) is 11.7. The molecule has 0 fully saturated rings. The molecule has 7 aromatic rings. The predicted molar refractivity (Wildman–Crippen MR) is 185 cm³/mol. The summed E-state index contributed by atoms with van der Waals surface area (Å²) in [6.07, 6.45) is 2.73. The van der Waals surface area contributed by atoms with Gasteiger partial charge in [0.1, 0.15) is 5.82 Å². The summed E-state index contributed by atoms with van der Waals surface area (Å²) >= 11 is 0. The van der Waals surface area contributed by atoms with Crippen molar-refractivity contribution in [2.75, 3.05) is 0 Å². The molecule has 0 bridgehead atoms. The molecule has 0 saturated carbocycles. The highest BCUT2D eigenvalue weighted by Crippen LogP contribution is 2.37. The molecular formula is C41H37N3. The summed E-state index contributed by atoms with van der Waals surface area (Å²) in [4.78, 5) is 10.0. The molecule has 0 aliphatic carbocycles. The van der Waals surface area contributed by atoms with Crippen LogP contribution in [0.4, 0.5) is 0 Å². The van der Waals surface area contributed by atoms with Gasteiger partial charge in [0.25, 0.3) is 0 Å². The molecule has 0 unspecified atom stereocenters. The van der Waals surface area contributed by atoms with Gasteiger partial charge in [0, 0.05) is 22.7 Å². The first-order valence-electron chi connectivity index (χ1n) is 15.6. The molecule has 2 aromatic heterocycles. The number of pyridine rings is 1. The molecule has 0 spiro atoms. The number of hydrogen-bond acceptors (Lipinski definition) is 2. The Kier molecular flexibility index (Phi) is 7.31. The van der Waals surface area contributed by atoms with Gasteiger partial charge in [-0.15, -0.1) is 0 Å². The number of nitrogens with zero attached hydrogens (tertiary/aromatic N) is 3. The average Bonchev–Trinajstić information content (AvgIpc) is 3.44. The molecule has 44 heavy (non-hydrogen) atoms. The molecule has 0 saturated heterocycles. The number of benzene rings is 5. The van der Waals surface area contributed by atoms with E-state index < -0.39 is 0 Å². The van der Waals surface area contributed by atoms with Crippen molar-refractivity contribution in [2.45, 2.75) is 46.0 Å². The lowest BCUT2D eigenvalue weighted by Gasteiger charge is -2.22. The number of para-hydroxylation sites is 3. The molecular weight excluding hydrogens is 534 g/mol. The van der Waals surface area contributed by atoms with Crippen molar-refractivity contribution in [1.82, 2.24) is 14.5 Å². The largest absolute Gasteiger partial charge is 0.292 e. The Hall–Kier alpha value is -5.02. The molecule has 2 heterocycles. The molecule has 7 rings (SSSR count). The van der Waals surface area contributed by atoms with Crippen molar-refractivity contribution in [2.24, 2.45) is 0 Å². The van der Waals surface area contributed by atoms with Crippen molar-refractivity contribution in [3.8, 4) is 28.3 Å². The Bertz CT molecular complexity index is 2080. The highest BCUT2D eigenvalue weighted by Gasteiger charge is 2.22. The van der Waals surface area contributed by atoms with Crippen LogP contribution in [-0.4, -0.2) is 14.5 Å². The van der Waals surface area contributed by atoms with Crippen molar-refractivity contribution in [3.63, 3.8) is 0 Å². The SMILES string of the molecule is CC(C)c1cccc(C(C)C)c1-n1c(-c2cccc(Cc3cccc(-c4nccc5ccccc45)c3)c2)nc2ccccc21. The first-order chi connectivity index (χ1) is 21.5. The van der Waals surface area contributed by atoms with E-state index in [4.69, 9.17) is 9.97 Å². The van der Waals surface area contributed by atoms with Gasteiger partial charge in [-0.05, 0) is 76.2 Å². The molecule has 5 aromatic carbocycles. The molecule has 0 N–H and O–H groups in total. The summed E-state index contributed by atoms with van der Waals surface area (Å²) in [7, 11) is 0. The lowest BCUT2D eigenvalue weighted by Crippen LogP contribution is -2.08. The summed E-state index contributed by atoms with van der Waals surface area (Å²) in [5.74, 6) is 1.75. The number of fused-ring (bicyclic) bond motifs is 2. The Balaban J connectivity index is 1.32. The van der Waals surface area contributed by atoms with Crippen molar-refractivity contribution in [3.05, 3.63) is 150 Å². The van der Waals surface area contributed by atoms with Crippen LogP contribution in [0.25, 0.3) is 50.1 Å². The Morgan fingerprint density at radius 2 is 1.25 bits per heavy atom. The Morgan fingerprint density at radius 1 is 0.614 bits per heavy atom. The molecule has 0 radical (unpaired) electrons. The fraction of sp³-hybridized carbons (Fsp3) is 0.171. The van der Waals surface area contributed by atoms with Gasteiger partial charge < -0.3 is 0 Å². The fourth-order valence-electron chi connectivity index (χ4n) is 6.45. The van der Waals surface area contributed by atoms with Crippen LogP contribution in [0.5, 0.6) is 0 Å². The van der Waals surface area contributed by atoms with E-state index >= 15 is 0 Å². The minimum absolute atomic E-state index is 0.382. The summed E-state index contributed by atoms with van der Waals surface area (Å²) < 4.78 is 2.41. The van der Waals surface area contributed by atoms with Gasteiger partial charge in [0.05, 0.1) is 22.4 Å². The number of hydrogen-bond donors (Lipinski definition) is 0. The van der Waals surface area contributed by atoms with Crippen LogP contribution in [0.3, 0.4) is 0 Å². The molecule has 0 aliphatic rings. The van der Waals surface area contributed by atoms with E-state index in [1.165, 1.54) is 38.7 Å². The van der Waals surface area contributed by atoms with Crippen LogP contribution in [-0.2, 0) is 6.42 Å². The van der Waals surface area contributed by atoms with E-state index in [0.717, 1.165) is 40.1 Å². The second kappa shape index (κ2) is 11.6. The topological polar surface area (TPSA) is 30.7 Å². The van der Waals surface area contributed by atoms with E-state index in [1.807, 2.05) is 6.20 Å². The summed E-state index contributed by atoms with van der Waals surface area (Å²) in [6.45, 7) is 9.13. The lowest BCUT2D eigenvalue weighted by atomic mass is 9.92. The summed E-state index contributed by atoms with van der Waals surface area (Å²) in [6, 6.07) is 43.5. The maximum Gasteiger partial charge on any atom is 0.145 e. The second-order valence-electron chi connectivity index (χ2n) is 12.3. The number of imidazole rings is 1. The second-order valence-corrected chi connectivity index (χ2v) is 12.3. The van der Waals surface area contributed by atoms with Gasteiger partial charge in [-0.25, -0.2) is 4.98 Å². The summed E-state index contributed by atoms with van der Waals surface area (Å²) in [5.41, 5.74) is 11.9. The quantitative estimate of drug-likeness (QED) is 0.190. The minimum Gasteiger partial charge on any atom is -0.292 e. The van der Waals surface area contributed by atoms with Crippen LogP contribution in [0, 0.1) is 0 Å². The van der Waals surface area contributed by atoms with Gasteiger partial charge in [-0.3, -0.25) is 9.55 Å². The molecule has 3 nitrogen and oxygen atoms in total. The number of rotatable bonds is 7. The number of aromatic nitrogens is 3. The van der Waals surface area contributed by atoms with Gasteiger partial charge >= 0.3 is 0 Å². The lowest BCUT2D eigenvalue weighted by molar-refractivity contribution is 0.811. The van der Waals surface area contributed by atoms with Crippen LogP contribution in [0.2, 0.25) is 0 Å². The summed E-state index contributed by atoms with van der Waals surface area (Å²) in [5, 5.41) is 2.38. The smallest absolute Gasteiger partial charge is 0.145 e. The van der Waals surface area contributed by atoms with Gasteiger partial charge in [-0.1, -0.05) is 119 Å². The minimum atomic E-state index is 0.382. The van der Waals surface area contributed by atoms with Crippen LogP contribution in [0.1, 0.15) is 61.8 Å².